The lowest BCUT2D eigenvalue weighted by molar-refractivity contribution is 0.0362. The minimum atomic E-state index is -0.327. The van der Waals surface area contributed by atoms with Crippen molar-refractivity contribution in [3.8, 4) is 11.8 Å². The van der Waals surface area contributed by atoms with E-state index in [9.17, 15) is 9.59 Å². The molecule has 7 heteroatoms. The van der Waals surface area contributed by atoms with Gasteiger partial charge in [-0.15, -0.1) is 5.92 Å². The molecule has 0 atom stereocenters. The fourth-order valence-corrected chi connectivity index (χ4v) is 3.30. The van der Waals surface area contributed by atoms with Gasteiger partial charge in [-0.25, -0.2) is 0 Å². The molecule has 0 radical (unpaired) electrons. The van der Waals surface area contributed by atoms with Crippen molar-refractivity contribution >= 4 is 5.91 Å². The van der Waals surface area contributed by atoms with E-state index < -0.39 is 0 Å². The van der Waals surface area contributed by atoms with E-state index in [4.69, 9.17) is 9.15 Å². The van der Waals surface area contributed by atoms with Gasteiger partial charge in [0.1, 0.15) is 11.3 Å². The Kier molecular flexibility index (Phi) is 7.28. The Morgan fingerprint density at radius 1 is 1.24 bits per heavy atom. The third-order valence-corrected chi connectivity index (χ3v) is 5.01. The molecule has 1 fully saturated rings. The third-order valence-electron chi connectivity index (χ3n) is 5.01. The van der Waals surface area contributed by atoms with Crippen LogP contribution in [0.25, 0.3) is 0 Å². The summed E-state index contributed by atoms with van der Waals surface area (Å²) < 4.78 is 12.4. The number of pyridine rings is 1. The van der Waals surface area contributed by atoms with Gasteiger partial charge in [0, 0.05) is 32.4 Å². The Labute approximate surface area is 170 Å². The van der Waals surface area contributed by atoms with Crippen molar-refractivity contribution in [3.63, 3.8) is 0 Å². The maximum atomic E-state index is 13.3. The number of rotatable bonds is 7. The first-order valence-electron chi connectivity index (χ1n) is 9.81. The predicted molar refractivity (Wildman–Crippen MR) is 110 cm³/mol. The van der Waals surface area contributed by atoms with Crippen LogP contribution in [0.4, 0.5) is 0 Å². The molecule has 29 heavy (non-hydrogen) atoms. The molecule has 3 rings (SSSR count). The number of hydrogen-bond acceptors (Lipinski definition) is 5. The Bertz CT molecular complexity index is 931. The Morgan fingerprint density at radius 3 is 2.72 bits per heavy atom. The van der Waals surface area contributed by atoms with Crippen molar-refractivity contribution in [3.05, 3.63) is 57.9 Å². The number of aryl methyl sites for hydroxylation is 1. The number of hydrogen-bond donors (Lipinski definition) is 0. The van der Waals surface area contributed by atoms with Crippen LogP contribution in [0, 0.1) is 18.8 Å². The molecule has 0 saturated carbocycles. The number of nitrogens with zero attached hydrogens (tertiary/aromatic N) is 3. The van der Waals surface area contributed by atoms with E-state index in [2.05, 4.69) is 16.7 Å². The van der Waals surface area contributed by atoms with Crippen LogP contribution in [0.1, 0.15) is 28.6 Å². The van der Waals surface area contributed by atoms with E-state index in [1.54, 1.807) is 47.9 Å². The monoisotopic (exact) mass is 397 g/mol. The van der Waals surface area contributed by atoms with Crippen molar-refractivity contribution in [2.75, 3.05) is 39.4 Å². The van der Waals surface area contributed by atoms with E-state index in [-0.39, 0.29) is 30.1 Å². The quantitative estimate of drug-likeness (QED) is 0.666. The molecule has 0 bridgehead atoms. The first kappa shape index (κ1) is 20.9. The molecule has 0 aliphatic carbocycles. The van der Waals surface area contributed by atoms with Gasteiger partial charge >= 0.3 is 0 Å². The molecule has 154 valence electrons. The van der Waals surface area contributed by atoms with Gasteiger partial charge in [0.2, 0.25) is 0 Å². The van der Waals surface area contributed by atoms with Gasteiger partial charge in [0.25, 0.3) is 11.5 Å². The minimum Gasteiger partial charge on any atom is -0.467 e. The van der Waals surface area contributed by atoms with Gasteiger partial charge < -0.3 is 18.6 Å². The maximum absolute atomic E-state index is 13.3. The maximum Gasteiger partial charge on any atom is 0.263 e. The number of furan rings is 1. The molecule has 0 unspecified atom stereocenters. The topological polar surface area (TPSA) is 67.9 Å². The van der Waals surface area contributed by atoms with E-state index in [0.29, 0.717) is 31.1 Å². The smallest absolute Gasteiger partial charge is 0.263 e. The molecule has 1 aliphatic heterocycles. The van der Waals surface area contributed by atoms with Crippen LogP contribution >= 0.6 is 0 Å². The van der Waals surface area contributed by atoms with Gasteiger partial charge in [-0.2, -0.15) is 0 Å². The second-order valence-electron chi connectivity index (χ2n) is 6.99. The first-order valence-corrected chi connectivity index (χ1v) is 9.81. The van der Waals surface area contributed by atoms with Gasteiger partial charge in [-0.05, 0) is 37.6 Å². The van der Waals surface area contributed by atoms with Crippen molar-refractivity contribution in [2.24, 2.45) is 0 Å². The summed E-state index contributed by atoms with van der Waals surface area (Å²) in [6, 6.07) is 5.40. The molecule has 0 aromatic carbocycles. The summed E-state index contributed by atoms with van der Waals surface area (Å²) in [6.45, 7) is 8.44. The van der Waals surface area contributed by atoms with Crippen LogP contribution in [0.5, 0.6) is 0 Å². The molecule has 1 saturated heterocycles. The van der Waals surface area contributed by atoms with Crippen LogP contribution in [-0.2, 0) is 17.8 Å². The number of carbonyl (C=O) groups excluding carboxylic acids is 1. The molecule has 2 aromatic rings. The Balaban J connectivity index is 1.81. The molecule has 3 heterocycles. The second-order valence-corrected chi connectivity index (χ2v) is 6.99. The van der Waals surface area contributed by atoms with E-state index in [1.165, 1.54) is 0 Å². The van der Waals surface area contributed by atoms with E-state index in [0.717, 1.165) is 19.6 Å². The molecular weight excluding hydrogens is 370 g/mol. The fraction of sp³-hybridized carbons (Fsp3) is 0.455. The lowest BCUT2D eigenvalue weighted by atomic mass is 10.1. The van der Waals surface area contributed by atoms with Crippen molar-refractivity contribution < 1.29 is 13.9 Å². The molecule has 0 spiro atoms. The number of ether oxygens (including phenoxy) is 1. The van der Waals surface area contributed by atoms with Crippen LogP contribution in [0.3, 0.4) is 0 Å². The van der Waals surface area contributed by atoms with Crippen LogP contribution in [0.2, 0.25) is 0 Å². The lowest BCUT2D eigenvalue weighted by Gasteiger charge is -2.27. The van der Waals surface area contributed by atoms with Gasteiger partial charge in [0.15, 0.2) is 0 Å². The first-order chi connectivity index (χ1) is 14.1. The summed E-state index contributed by atoms with van der Waals surface area (Å²) in [5.74, 6) is 6.05. The number of aromatic nitrogens is 1. The zero-order chi connectivity index (χ0) is 20.6. The molecule has 2 aromatic heterocycles. The zero-order valence-electron chi connectivity index (χ0n) is 17.0. The normalized spacial score (nSPS) is 14.3. The number of morpholine rings is 1. The molecule has 1 amide bonds. The minimum absolute atomic E-state index is 0.193. The highest BCUT2D eigenvalue weighted by atomic mass is 16.5. The highest BCUT2D eigenvalue weighted by Gasteiger charge is 2.23. The predicted octanol–water partition coefficient (Wildman–Crippen LogP) is 1.75. The van der Waals surface area contributed by atoms with Crippen LogP contribution < -0.4 is 5.56 Å². The van der Waals surface area contributed by atoms with Crippen molar-refractivity contribution in [1.29, 1.82) is 0 Å². The molecule has 7 nitrogen and oxygen atoms in total. The number of amides is 1. The summed E-state index contributed by atoms with van der Waals surface area (Å²) in [5.41, 5.74) is 0.590. The third kappa shape index (κ3) is 5.37. The van der Waals surface area contributed by atoms with E-state index in [1.807, 2.05) is 6.07 Å². The van der Waals surface area contributed by atoms with Gasteiger partial charge in [-0.1, -0.05) is 5.92 Å². The summed E-state index contributed by atoms with van der Waals surface area (Å²) in [5, 5.41) is 0. The summed E-state index contributed by atoms with van der Waals surface area (Å²) in [7, 11) is 0. The van der Waals surface area contributed by atoms with Crippen LogP contribution in [0.15, 0.2) is 39.9 Å². The standard InChI is InChI=1S/C22H27N3O4/c1-3-4-8-25(17-19-6-5-14-29-19)22(27)20-18(2)7-9-24(21(20)26)11-10-23-12-15-28-16-13-23/h5-7,9,14H,8,10-13,15-17H2,1-2H3. The summed E-state index contributed by atoms with van der Waals surface area (Å²) in [6.07, 6.45) is 3.33. The summed E-state index contributed by atoms with van der Waals surface area (Å²) in [4.78, 5) is 30.2. The largest absolute Gasteiger partial charge is 0.467 e. The molecular formula is C22H27N3O4. The summed E-state index contributed by atoms with van der Waals surface area (Å²) >= 11 is 0. The van der Waals surface area contributed by atoms with Crippen molar-refractivity contribution in [1.82, 2.24) is 14.4 Å². The second kappa shape index (κ2) is 10.1. The Morgan fingerprint density at radius 2 is 2.03 bits per heavy atom. The fourth-order valence-electron chi connectivity index (χ4n) is 3.30. The highest BCUT2D eigenvalue weighted by molar-refractivity contribution is 5.95. The number of carbonyl (C=O) groups is 1. The SMILES string of the molecule is CC#CCN(Cc1ccco1)C(=O)c1c(C)ccn(CCN2CCOCC2)c1=O. The molecule has 1 aliphatic rings. The zero-order valence-corrected chi connectivity index (χ0v) is 17.0. The van der Waals surface area contributed by atoms with Gasteiger partial charge in [-0.3, -0.25) is 14.5 Å². The Hall–Kier alpha value is -2.82. The highest BCUT2D eigenvalue weighted by Crippen LogP contribution is 2.11. The molecule has 0 N–H and O–H groups in total. The van der Waals surface area contributed by atoms with Gasteiger partial charge in [0.05, 0.1) is 32.6 Å². The van der Waals surface area contributed by atoms with Crippen LogP contribution in [-0.4, -0.2) is 59.7 Å². The average molecular weight is 397 g/mol. The van der Waals surface area contributed by atoms with E-state index >= 15 is 0 Å². The van der Waals surface area contributed by atoms with Crippen molar-refractivity contribution in [2.45, 2.75) is 26.9 Å². The average Bonchev–Trinajstić information content (AvgIpc) is 3.24. The lowest BCUT2D eigenvalue weighted by Crippen LogP contribution is -2.41.